The summed E-state index contributed by atoms with van der Waals surface area (Å²) in [5, 5.41) is 0. The van der Waals surface area contributed by atoms with Gasteiger partial charge in [-0.2, -0.15) is 8.42 Å². The lowest BCUT2D eigenvalue weighted by atomic mass is 9.79. The minimum absolute atomic E-state index is 0.254. The number of likely N-dealkylation sites (tertiary alicyclic amines) is 1. The molecule has 1 atom stereocenters. The lowest BCUT2D eigenvalue weighted by molar-refractivity contribution is -0.279. The molecule has 7 nitrogen and oxygen atoms in total. The zero-order chi connectivity index (χ0) is 15.3. The minimum atomic E-state index is -3.61. The molecule has 2 aliphatic heterocycles. The van der Waals surface area contributed by atoms with Gasteiger partial charge in [-0.1, -0.05) is 0 Å². The smallest absolute Gasteiger partial charge is 0.264 e. The van der Waals surface area contributed by atoms with Crippen LogP contribution in [0.4, 0.5) is 0 Å². The Balaban J connectivity index is 1.91. The summed E-state index contributed by atoms with van der Waals surface area (Å²) in [7, 11) is -1.75. The van der Waals surface area contributed by atoms with Gasteiger partial charge in [0.05, 0.1) is 19.5 Å². The van der Waals surface area contributed by atoms with Gasteiger partial charge in [0.2, 0.25) is 0 Å². The van der Waals surface area contributed by atoms with Gasteiger partial charge in [-0.3, -0.25) is 8.98 Å². The molecule has 2 saturated heterocycles. The van der Waals surface area contributed by atoms with Crippen LogP contribution >= 0.6 is 0 Å². The van der Waals surface area contributed by atoms with Crippen molar-refractivity contribution in [2.75, 3.05) is 26.5 Å². The zero-order valence-electron chi connectivity index (χ0n) is 12.3. The number of ether oxygens (including phenoxy) is 2. The van der Waals surface area contributed by atoms with E-state index in [0.717, 1.165) is 6.26 Å². The van der Waals surface area contributed by atoms with E-state index in [1.54, 1.807) is 0 Å². The minimum Gasteiger partial charge on any atom is -0.333 e. The van der Waals surface area contributed by atoms with Crippen molar-refractivity contribution in [3.05, 3.63) is 0 Å². The first-order chi connectivity index (χ1) is 9.78. The molecule has 0 amide bonds. The lowest BCUT2D eigenvalue weighted by Crippen LogP contribution is -2.56. The van der Waals surface area contributed by atoms with E-state index in [-0.39, 0.29) is 11.3 Å². The largest absolute Gasteiger partial charge is 0.333 e. The van der Waals surface area contributed by atoms with Crippen LogP contribution in [0.15, 0.2) is 0 Å². The molecular formula is C13H21NO6S. The Bertz CT molecular complexity index is 529. The summed E-state index contributed by atoms with van der Waals surface area (Å²) in [4.78, 5) is 13.5. The average molecular weight is 319 g/mol. The molecule has 120 valence electrons. The Morgan fingerprint density at radius 3 is 2.33 bits per heavy atom. The maximum absolute atomic E-state index is 11.6. The number of carbonyl (C=O) groups is 1. The van der Waals surface area contributed by atoms with E-state index >= 15 is 0 Å². The van der Waals surface area contributed by atoms with E-state index in [1.807, 2.05) is 11.9 Å². The summed E-state index contributed by atoms with van der Waals surface area (Å²) in [5.74, 6) is -0.896. The van der Waals surface area contributed by atoms with E-state index in [1.165, 1.54) is 0 Å². The molecule has 1 unspecified atom stereocenters. The van der Waals surface area contributed by atoms with Crippen LogP contribution in [0.25, 0.3) is 0 Å². The van der Waals surface area contributed by atoms with E-state index in [2.05, 4.69) is 0 Å². The number of nitrogens with zero attached hydrogens (tertiary/aromatic N) is 1. The highest BCUT2D eigenvalue weighted by Crippen LogP contribution is 2.50. The van der Waals surface area contributed by atoms with Crippen molar-refractivity contribution >= 4 is 15.9 Å². The molecule has 1 aliphatic carbocycles. The first-order valence-corrected chi connectivity index (χ1v) is 9.01. The average Bonchev–Trinajstić information content (AvgIpc) is 2.95. The van der Waals surface area contributed by atoms with Crippen LogP contribution in [0, 0.1) is 0 Å². The molecule has 0 radical (unpaired) electrons. The molecule has 3 rings (SSSR count). The van der Waals surface area contributed by atoms with Gasteiger partial charge in [-0.25, -0.2) is 4.90 Å². The number of likely N-dealkylation sites (N-methyl/N-ethyl adjacent to an activating group) is 1. The van der Waals surface area contributed by atoms with E-state index in [9.17, 15) is 13.2 Å². The monoisotopic (exact) mass is 319 g/mol. The highest BCUT2D eigenvalue weighted by atomic mass is 32.2. The van der Waals surface area contributed by atoms with Gasteiger partial charge in [0, 0.05) is 24.8 Å². The van der Waals surface area contributed by atoms with Crippen molar-refractivity contribution in [1.82, 2.24) is 4.90 Å². The fraction of sp³-hybridized carbons (Fsp3) is 0.923. The van der Waals surface area contributed by atoms with Crippen molar-refractivity contribution in [3.8, 4) is 0 Å². The number of Topliss-reactive ketones (excluding diaryl/α,β-unsaturated/α-hetero) is 1. The maximum Gasteiger partial charge on any atom is 0.264 e. The predicted molar refractivity (Wildman–Crippen MR) is 72.9 cm³/mol. The topological polar surface area (TPSA) is 82.1 Å². The third-order valence-electron chi connectivity index (χ3n) is 4.88. The van der Waals surface area contributed by atoms with Crippen molar-refractivity contribution < 1.29 is 26.9 Å². The van der Waals surface area contributed by atoms with Crippen LogP contribution in [0.1, 0.15) is 32.1 Å². The predicted octanol–water partition coefficient (Wildman–Crippen LogP) is 0.249. The van der Waals surface area contributed by atoms with Crippen LogP contribution in [0.2, 0.25) is 0 Å². The summed E-state index contributed by atoms with van der Waals surface area (Å²) in [6.45, 7) is 0.811. The van der Waals surface area contributed by atoms with Crippen LogP contribution in [-0.4, -0.2) is 63.2 Å². The molecule has 1 saturated carbocycles. The van der Waals surface area contributed by atoms with Crippen LogP contribution in [0.5, 0.6) is 0 Å². The molecule has 21 heavy (non-hydrogen) atoms. The third kappa shape index (κ3) is 2.53. The number of carbonyl (C=O) groups excluding carboxylic acids is 1. The van der Waals surface area contributed by atoms with Crippen LogP contribution < -0.4 is 0 Å². The molecule has 0 aromatic carbocycles. The van der Waals surface area contributed by atoms with E-state index in [4.69, 9.17) is 13.7 Å². The Morgan fingerprint density at radius 2 is 1.81 bits per heavy atom. The molecule has 2 heterocycles. The van der Waals surface area contributed by atoms with Gasteiger partial charge >= 0.3 is 0 Å². The number of hydrogen-bond acceptors (Lipinski definition) is 7. The Kier molecular flexibility index (Phi) is 3.65. The SMILES string of the molecule is CN1C2(CCC(=O)CC2)CC(OS(C)(=O)=O)C12OCCO2. The fourth-order valence-corrected chi connectivity index (χ4v) is 4.41. The molecular weight excluding hydrogens is 298 g/mol. The van der Waals surface area contributed by atoms with Gasteiger partial charge in [-0.05, 0) is 19.9 Å². The second kappa shape index (κ2) is 4.99. The van der Waals surface area contributed by atoms with E-state index < -0.39 is 22.1 Å². The number of hydrogen-bond donors (Lipinski definition) is 0. The first kappa shape index (κ1) is 15.4. The quantitative estimate of drug-likeness (QED) is 0.675. The maximum atomic E-state index is 11.6. The van der Waals surface area contributed by atoms with Gasteiger partial charge in [0.15, 0.2) is 0 Å². The van der Waals surface area contributed by atoms with Crippen LogP contribution in [0.3, 0.4) is 0 Å². The number of ketones is 1. The summed E-state index contributed by atoms with van der Waals surface area (Å²) >= 11 is 0. The Labute approximate surface area is 124 Å². The highest BCUT2D eigenvalue weighted by Gasteiger charge is 2.64. The fourth-order valence-electron chi connectivity index (χ4n) is 3.79. The normalized spacial score (nSPS) is 32.3. The molecule has 8 heteroatoms. The van der Waals surface area contributed by atoms with E-state index in [0.29, 0.717) is 45.3 Å². The molecule has 0 N–H and O–H groups in total. The third-order valence-corrected chi connectivity index (χ3v) is 5.46. The summed E-state index contributed by atoms with van der Waals surface area (Å²) < 4.78 is 39.9. The van der Waals surface area contributed by atoms with Crippen molar-refractivity contribution in [2.24, 2.45) is 0 Å². The summed E-state index contributed by atoms with van der Waals surface area (Å²) in [6, 6.07) is 0. The standard InChI is InChI=1S/C13H21NO6S/c1-14-12(5-3-10(15)4-6-12)9-11(20-21(2,16)17)13(14)18-7-8-19-13/h11H,3-9H2,1-2H3. The first-order valence-electron chi connectivity index (χ1n) is 7.19. The van der Waals surface area contributed by atoms with Crippen molar-refractivity contribution in [3.63, 3.8) is 0 Å². The van der Waals surface area contributed by atoms with Gasteiger partial charge in [0.25, 0.3) is 16.0 Å². The van der Waals surface area contributed by atoms with Crippen molar-refractivity contribution in [2.45, 2.75) is 49.7 Å². The number of rotatable bonds is 2. The Morgan fingerprint density at radius 1 is 1.24 bits per heavy atom. The van der Waals surface area contributed by atoms with Gasteiger partial charge in [-0.15, -0.1) is 0 Å². The van der Waals surface area contributed by atoms with Crippen LogP contribution in [-0.2, 0) is 28.6 Å². The Hall–Kier alpha value is -0.540. The highest BCUT2D eigenvalue weighted by molar-refractivity contribution is 7.86. The van der Waals surface area contributed by atoms with Crippen molar-refractivity contribution in [1.29, 1.82) is 0 Å². The molecule has 0 aromatic heterocycles. The molecule has 3 fully saturated rings. The second-order valence-electron chi connectivity index (χ2n) is 6.14. The summed E-state index contributed by atoms with van der Waals surface area (Å²) in [6.07, 6.45) is 3.20. The molecule has 3 aliphatic rings. The van der Waals surface area contributed by atoms with Gasteiger partial charge < -0.3 is 9.47 Å². The molecule has 0 aromatic rings. The van der Waals surface area contributed by atoms with Gasteiger partial charge in [0.1, 0.15) is 11.9 Å². The zero-order valence-corrected chi connectivity index (χ0v) is 13.1. The molecule has 0 bridgehead atoms. The lowest BCUT2D eigenvalue weighted by Gasteiger charge is -2.43. The summed E-state index contributed by atoms with van der Waals surface area (Å²) in [5.41, 5.74) is -0.298. The molecule has 2 spiro atoms. The second-order valence-corrected chi connectivity index (χ2v) is 7.74.